The molecule has 3 aromatic rings. The molecule has 0 amide bonds. The molecule has 2 aromatic heterocycles. The third-order valence-corrected chi connectivity index (χ3v) is 6.56. The Morgan fingerprint density at radius 2 is 1.82 bits per heavy atom. The monoisotopic (exact) mass is 579 g/mol. The van der Waals surface area contributed by atoms with E-state index in [1.54, 1.807) is 26.0 Å². The first-order valence-electron chi connectivity index (χ1n) is 11.3. The largest absolute Gasteiger partial charge is 0.748 e. The Balaban J connectivity index is 0.000000926. The number of nitrogens with zero attached hydrogens (tertiary/aromatic N) is 2. The number of pyridine rings is 1. The predicted molar refractivity (Wildman–Crippen MR) is 138 cm³/mol. The van der Waals surface area contributed by atoms with E-state index in [1.165, 1.54) is 6.07 Å². The maximum Gasteiger partial charge on any atom is 0.416 e. The number of methoxy groups -OCH3 is 2. The molecule has 0 aliphatic rings. The molecule has 0 bridgehead atoms. The van der Waals surface area contributed by atoms with Crippen LogP contribution in [-0.2, 0) is 31.5 Å². The molecule has 0 saturated heterocycles. The van der Waals surface area contributed by atoms with Crippen molar-refractivity contribution in [3.05, 3.63) is 47.3 Å². The summed E-state index contributed by atoms with van der Waals surface area (Å²) in [5, 5.41) is 0. The third kappa shape index (κ3) is 9.73. The fourth-order valence-corrected chi connectivity index (χ4v) is 4.63. The van der Waals surface area contributed by atoms with Gasteiger partial charge in [0.2, 0.25) is 0 Å². The van der Waals surface area contributed by atoms with E-state index >= 15 is 0 Å². The zero-order valence-electron chi connectivity index (χ0n) is 22.0. The molecule has 0 atom stereocenters. The van der Waals surface area contributed by atoms with Crippen LogP contribution in [0, 0.1) is 6.92 Å². The smallest absolute Gasteiger partial charge is 0.416 e. The van der Waals surface area contributed by atoms with Gasteiger partial charge in [0.25, 0.3) is 0 Å². The second kappa shape index (κ2) is 13.1. The van der Waals surface area contributed by atoms with E-state index in [0.29, 0.717) is 42.2 Å². The molecule has 212 valence electrons. The van der Waals surface area contributed by atoms with Crippen LogP contribution in [0.1, 0.15) is 30.7 Å². The Labute approximate surface area is 224 Å². The normalized spacial score (nSPS) is 12.4. The highest BCUT2D eigenvalue weighted by Gasteiger charge is 2.32. The van der Waals surface area contributed by atoms with Crippen LogP contribution in [0.2, 0.25) is 0 Å². The predicted octanol–water partition coefficient (Wildman–Crippen LogP) is 4.01. The summed E-state index contributed by atoms with van der Waals surface area (Å²) in [6, 6.07) is 5.31. The van der Waals surface area contributed by atoms with E-state index in [-0.39, 0.29) is 5.60 Å². The van der Waals surface area contributed by atoms with E-state index in [0.717, 1.165) is 34.9 Å². The van der Waals surface area contributed by atoms with Gasteiger partial charge in [-0.05, 0) is 39.0 Å². The summed E-state index contributed by atoms with van der Waals surface area (Å²) in [7, 11) is -0.673. The Hall–Kier alpha value is -2.39. The lowest BCUT2D eigenvalue weighted by molar-refractivity contribution is -0.610. The molecule has 0 spiro atoms. The summed E-state index contributed by atoms with van der Waals surface area (Å²) in [6.45, 7) is 7.06. The molecule has 0 saturated carbocycles. The van der Waals surface area contributed by atoms with E-state index in [4.69, 9.17) is 27.2 Å². The van der Waals surface area contributed by atoms with Gasteiger partial charge in [0.15, 0.2) is 5.52 Å². The van der Waals surface area contributed by atoms with Gasteiger partial charge in [-0.1, -0.05) is 4.98 Å². The third-order valence-electron chi connectivity index (χ3n) is 5.18. The SMILES string of the molecule is COCCOC(C)(C)CSCc1c(C)c(OC)cc[n+]1-c1nc2ccc(C(F)(F)F)cc2[nH]1.CS(=O)(=O)[O-]. The number of nitrogens with one attached hydrogen (secondary N) is 1. The van der Waals surface area contributed by atoms with E-state index in [9.17, 15) is 13.2 Å². The number of alkyl halides is 3. The number of H-pyrrole nitrogens is 1. The second-order valence-corrected chi connectivity index (χ2v) is 11.3. The van der Waals surface area contributed by atoms with Crippen LogP contribution in [0.25, 0.3) is 17.0 Å². The molecule has 0 fully saturated rings. The van der Waals surface area contributed by atoms with Crippen molar-refractivity contribution in [3.8, 4) is 11.7 Å². The molecule has 2 heterocycles. The number of hydrogen-bond acceptors (Lipinski definition) is 8. The Bertz CT molecular complexity index is 1320. The summed E-state index contributed by atoms with van der Waals surface area (Å²) < 4.78 is 84.8. The number of fused-ring (bicyclic) bond motifs is 1. The van der Waals surface area contributed by atoms with Crippen molar-refractivity contribution in [3.63, 3.8) is 0 Å². The molecule has 3 rings (SSSR count). The first kappa shape index (κ1) is 31.8. The molecular formula is C24H32F3N3O6S2. The minimum atomic E-state index is -4.41. The number of thioether (sulfide) groups is 1. The molecule has 0 aliphatic heterocycles. The summed E-state index contributed by atoms with van der Waals surface area (Å²) in [5.74, 6) is 2.54. The standard InChI is InChI=1S/C23H29F3N3O3S.CH4O3S/c1-15-19(13-33-14-22(2,3)32-11-10-30-4)29(9-8-20(15)31-5)21-27-17-7-6-16(23(24,25)26)12-18(17)28-21;1-5(2,3)4/h6-9,12H,10-11,13-14H2,1-5H3,(H,27,28);1H3,(H,2,3,4)/q+1;/p-1. The highest BCUT2D eigenvalue weighted by atomic mass is 32.2. The van der Waals surface area contributed by atoms with Gasteiger partial charge in [-0.2, -0.15) is 24.9 Å². The molecule has 0 unspecified atom stereocenters. The van der Waals surface area contributed by atoms with Crippen LogP contribution < -0.4 is 9.30 Å². The van der Waals surface area contributed by atoms with Gasteiger partial charge in [-0.3, -0.25) is 0 Å². The van der Waals surface area contributed by atoms with Crippen molar-refractivity contribution < 1.29 is 44.9 Å². The van der Waals surface area contributed by atoms with Gasteiger partial charge in [0.1, 0.15) is 17.0 Å². The number of benzene rings is 1. The minimum Gasteiger partial charge on any atom is -0.748 e. The number of imidazole rings is 1. The van der Waals surface area contributed by atoms with Crippen molar-refractivity contribution in [1.29, 1.82) is 0 Å². The zero-order valence-corrected chi connectivity index (χ0v) is 23.6. The fourth-order valence-electron chi connectivity index (χ4n) is 3.40. The quantitative estimate of drug-likeness (QED) is 0.218. The van der Waals surface area contributed by atoms with Crippen LogP contribution in [0.4, 0.5) is 13.2 Å². The van der Waals surface area contributed by atoms with Gasteiger partial charge in [-0.15, -0.1) is 0 Å². The van der Waals surface area contributed by atoms with Crippen LogP contribution >= 0.6 is 11.8 Å². The molecule has 14 heteroatoms. The first-order chi connectivity index (χ1) is 17.6. The molecule has 1 N–H and O–H groups in total. The number of aromatic amines is 1. The number of rotatable bonds is 10. The summed E-state index contributed by atoms with van der Waals surface area (Å²) >= 11 is 1.69. The lowest BCUT2D eigenvalue weighted by Crippen LogP contribution is -2.38. The lowest BCUT2D eigenvalue weighted by Gasteiger charge is -2.25. The second-order valence-electron chi connectivity index (χ2n) is 8.91. The topological polar surface area (TPSA) is 117 Å². The van der Waals surface area contributed by atoms with Crippen molar-refractivity contribution in [2.75, 3.05) is 39.4 Å². The van der Waals surface area contributed by atoms with Gasteiger partial charge >= 0.3 is 12.1 Å². The van der Waals surface area contributed by atoms with E-state index < -0.39 is 21.9 Å². The highest BCUT2D eigenvalue weighted by Crippen LogP contribution is 2.31. The van der Waals surface area contributed by atoms with Crippen LogP contribution in [0.15, 0.2) is 30.5 Å². The molecular weight excluding hydrogens is 547 g/mol. The Morgan fingerprint density at radius 1 is 1.16 bits per heavy atom. The molecule has 38 heavy (non-hydrogen) atoms. The van der Waals surface area contributed by atoms with E-state index in [2.05, 4.69) is 9.97 Å². The van der Waals surface area contributed by atoms with Crippen molar-refractivity contribution >= 4 is 32.9 Å². The maximum atomic E-state index is 13.1. The van der Waals surface area contributed by atoms with Crippen LogP contribution in [0.5, 0.6) is 5.75 Å². The Morgan fingerprint density at radius 3 is 2.39 bits per heavy atom. The highest BCUT2D eigenvalue weighted by molar-refractivity contribution is 7.98. The average molecular weight is 580 g/mol. The number of ether oxygens (including phenoxy) is 3. The van der Waals surface area contributed by atoms with Gasteiger partial charge in [0.05, 0.1) is 47.8 Å². The van der Waals surface area contributed by atoms with Crippen LogP contribution in [-0.4, -0.2) is 68.0 Å². The number of halogens is 3. The Kier molecular flexibility index (Phi) is 11.0. The van der Waals surface area contributed by atoms with Crippen molar-refractivity contribution in [2.45, 2.75) is 38.3 Å². The minimum absolute atomic E-state index is 0.326. The van der Waals surface area contributed by atoms with E-state index in [1.807, 2.05) is 37.6 Å². The van der Waals surface area contributed by atoms with Gasteiger partial charge in [0, 0.05) is 36.5 Å². The van der Waals surface area contributed by atoms with Gasteiger partial charge < -0.3 is 18.8 Å². The molecule has 9 nitrogen and oxygen atoms in total. The number of aromatic nitrogens is 3. The zero-order chi connectivity index (χ0) is 28.7. The lowest BCUT2D eigenvalue weighted by atomic mass is 10.2. The molecule has 0 radical (unpaired) electrons. The fraction of sp³-hybridized carbons (Fsp3) is 0.500. The molecule has 1 aromatic carbocycles. The first-order valence-corrected chi connectivity index (χ1v) is 14.3. The van der Waals surface area contributed by atoms with Crippen molar-refractivity contribution in [2.24, 2.45) is 0 Å². The molecule has 0 aliphatic carbocycles. The van der Waals surface area contributed by atoms with Crippen molar-refractivity contribution in [1.82, 2.24) is 9.97 Å². The summed E-state index contributed by atoms with van der Waals surface area (Å²) in [6.07, 6.45) is -2.00. The maximum absolute atomic E-state index is 13.1. The summed E-state index contributed by atoms with van der Waals surface area (Å²) in [5.41, 5.74) is 1.60. The average Bonchev–Trinajstić information content (AvgIpc) is 3.21. The number of hydrogen-bond donors (Lipinski definition) is 1. The van der Waals surface area contributed by atoms with Crippen LogP contribution in [0.3, 0.4) is 0 Å². The summed E-state index contributed by atoms with van der Waals surface area (Å²) in [4.78, 5) is 7.56. The van der Waals surface area contributed by atoms with Gasteiger partial charge in [-0.25, -0.2) is 18.0 Å².